The van der Waals surface area contributed by atoms with Crippen LogP contribution < -0.4 is 10.1 Å². The third-order valence-corrected chi connectivity index (χ3v) is 4.03. The molecule has 1 N–H and O–H groups in total. The zero-order valence-electron chi connectivity index (χ0n) is 13.3. The number of nitrogens with one attached hydrogen (secondary N) is 1. The Morgan fingerprint density at radius 2 is 2.26 bits per heavy atom. The number of ether oxygens (including phenoxy) is 1. The number of rotatable bonds is 5. The van der Waals surface area contributed by atoms with Crippen LogP contribution in [0.5, 0.6) is 5.88 Å². The van der Waals surface area contributed by atoms with E-state index in [4.69, 9.17) is 4.74 Å². The van der Waals surface area contributed by atoms with Crippen LogP contribution in [-0.2, 0) is 19.4 Å². The van der Waals surface area contributed by atoms with Gasteiger partial charge in [0.1, 0.15) is 17.2 Å². The van der Waals surface area contributed by atoms with E-state index < -0.39 is 0 Å². The summed E-state index contributed by atoms with van der Waals surface area (Å²) in [5.41, 5.74) is 0.440. The zero-order chi connectivity index (χ0) is 16.1. The van der Waals surface area contributed by atoms with Gasteiger partial charge < -0.3 is 14.6 Å². The van der Waals surface area contributed by atoms with Crippen molar-refractivity contribution in [3.05, 3.63) is 35.5 Å². The van der Waals surface area contributed by atoms with E-state index in [1.807, 2.05) is 0 Å². The van der Waals surface area contributed by atoms with E-state index in [0.29, 0.717) is 24.4 Å². The summed E-state index contributed by atoms with van der Waals surface area (Å²) in [6, 6.07) is 3.42. The molecule has 7 nitrogen and oxygen atoms in total. The number of carbonyl (C=O) groups is 1. The number of hydrogen-bond donors (Lipinski definition) is 1. The summed E-state index contributed by atoms with van der Waals surface area (Å²) in [4.78, 5) is 16.3. The van der Waals surface area contributed by atoms with Gasteiger partial charge in [0, 0.05) is 32.1 Å². The summed E-state index contributed by atoms with van der Waals surface area (Å²) in [6.45, 7) is 1.48. The molecule has 1 aliphatic heterocycles. The van der Waals surface area contributed by atoms with Crippen molar-refractivity contribution in [2.45, 2.75) is 38.6 Å². The lowest BCUT2D eigenvalue weighted by Crippen LogP contribution is -2.27. The summed E-state index contributed by atoms with van der Waals surface area (Å²) >= 11 is 0. The van der Waals surface area contributed by atoms with Gasteiger partial charge in [0.15, 0.2) is 0 Å². The minimum Gasteiger partial charge on any atom is -0.480 e. The summed E-state index contributed by atoms with van der Waals surface area (Å²) in [5, 5.41) is 11.4. The minimum absolute atomic E-state index is 0.189. The molecule has 0 radical (unpaired) electrons. The highest BCUT2D eigenvalue weighted by molar-refractivity contribution is 5.96. The maximum atomic E-state index is 12.2. The molecule has 3 rings (SSSR count). The van der Waals surface area contributed by atoms with Crippen LogP contribution in [0, 0.1) is 0 Å². The Kier molecular flexibility index (Phi) is 4.85. The number of fused-ring (bicyclic) bond motifs is 1. The molecule has 0 spiro atoms. The first-order valence-corrected chi connectivity index (χ1v) is 7.97. The molecule has 3 heterocycles. The second-order valence-corrected chi connectivity index (χ2v) is 5.56. The monoisotopic (exact) mass is 315 g/mol. The third kappa shape index (κ3) is 3.49. The van der Waals surface area contributed by atoms with Gasteiger partial charge in [-0.15, -0.1) is 10.2 Å². The topological polar surface area (TPSA) is 81.9 Å². The lowest BCUT2D eigenvalue weighted by molar-refractivity contribution is 0.0950. The molecule has 0 atom stereocenters. The highest BCUT2D eigenvalue weighted by Gasteiger charge is 2.16. The average Bonchev–Trinajstić information content (AvgIpc) is 2.81. The van der Waals surface area contributed by atoms with Crippen molar-refractivity contribution in [2.24, 2.45) is 0 Å². The van der Waals surface area contributed by atoms with E-state index in [2.05, 4.69) is 25.1 Å². The number of aryl methyl sites for hydroxylation is 1. The summed E-state index contributed by atoms with van der Waals surface area (Å²) in [6.07, 6.45) is 6.84. The molecule has 2 aromatic rings. The van der Waals surface area contributed by atoms with Gasteiger partial charge in [-0.2, -0.15) is 0 Å². The van der Waals surface area contributed by atoms with E-state index in [0.717, 1.165) is 31.0 Å². The Balaban J connectivity index is 1.59. The van der Waals surface area contributed by atoms with Crippen LogP contribution in [0.25, 0.3) is 0 Å². The number of pyridine rings is 1. The fourth-order valence-corrected chi connectivity index (χ4v) is 2.84. The molecule has 7 heteroatoms. The highest BCUT2D eigenvalue weighted by Crippen LogP contribution is 2.15. The standard InChI is InChI=1S/C16H21N5O2/c1-23-16-12(6-5-9-18-16)15(22)17-10-8-14-20-19-13-7-3-2-4-11-21(13)14/h5-6,9H,2-4,7-8,10-11H2,1H3,(H,17,22). The van der Waals surface area contributed by atoms with Gasteiger partial charge in [0.2, 0.25) is 5.88 Å². The first-order chi connectivity index (χ1) is 11.3. The minimum atomic E-state index is -0.189. The molecule has 122 valence electrons. The summed E-state index contributed by atoms with van der Waals surface area (Å²) in [5.74, 6) is 2.16. The lowest BCUT2D eigenvalue weighted by atomic mass is 10.2. The van der Waals surface area contributed by atoms with Crippen molar-refractivity contribution in [1.29, 1.82) is 0 Å². The molecule has 23 heavy (non-hydrogen) atoms. The molecule has 1 aliphatic rings. The SMILES string of the molecule is COc1ncccc1C(=O)NCCc1nnc2n1CCCCC2. The molecule has 2 aromatic heterocycles. The predicted octanol–water partition coefficient (Wildman–Crippen LogP) is 1.38. The molecule has 0 saturated heterocycles. The fraction of sp³-hybridized carbons (Fsp3) is 0.500. The Morgan fingerprint density at radius 1 is 1.35 bits per heavy atom. The van der Waals surface area contributed by atoms with Gasteiger partial charge in [-0.25, -0.2) is 4.98 Å². The van der Waals surface area contributed by atoms with Gasteiger partial charge in [-0.3, -0.25) is 4.79 Å². The van der Waals surface area contributed by atoms with E-state index in [9.17, 15) is 4.79 Å². The predicted molar refractivity (Wildman–Crippen MR) is 84.4 cm³/mol. The van der Waals surface area contributed by atoms with Crippen molar-refractivity contribution < 1.29 is 9.53 Å². The molecule has 0 unspecified atom stereocenters. The van der Waals surface area contributed by atoms with Crippen molar-refractivity contribution in [3.8, 4) is 5.88 Å². The van der Waals surface area contributed by atoms with Crippen LogP contribution in [0.4, 0.5) is 0 Å². The van der Waals surface area contributed by atoms with Gasteiger partial charge in [-0.05, 0) is 25.0 Å². The highest BCUT2D eigenvalue weighted by atomic mass is 16.5. The molecule has 0 aliphatic carbocycles. The average molecular weight is 315 g/mol. The van der Waals surface area contributed by atoms with Crippen molar-refractivity contribution >= 4 is 5.91 Å². The Morgan fingerprint density at radius 3 is 3.13 bits per heavy atom. The van der Waals surface area contributed by atoms with Crippen LogP contribution in [0.3, 0.4) is 0 Å². The van der Waals surface area contributed by atoms with Crippen molar-refractivity contribution in [1.82, 2.24) is 25.1 Å². The van der Waals surface area contributed by atoms with Crippen LogP contribution in [0.1, 0.15) is 41.3 Å². The van der Waals surface area contributed by atoms with Crippen molar-refractivity contribution in [2.75, 3.05) is 13.7 Å². The Labute approximate surface area is 135 Å². The van der Waals surface area contributed by atoms with E-state index in [1.54, 1.807) is 18.3 Å². The van der Waals surface area contributed by atoms with Crippen LogP contribution >= 0.6 is 0 Å². The van der Waals surface area contributed by atoms with Gasteiger partial charge in [0.05, 0.1) is 7.11 Å². The van der Waals surface area contributed by atoms with Gasteiger partial charge in [-0.1, -0.05) is 6.42 Å². The molecular formula is C16H21N5O2. The molecule has 0 aromatic carbocycles. The maximum Gasteiger partial charge on any atom is 0.256 e. The van der Waals surface area contributed by atoms with E-state index in [-0.39, 0.29) is 5.91 Å². The van der Waals surface area contributed by atoms with E-state index >= 15 is 0 Å². The smallest absolute Gasteiger partial charge is 0.256 e. The molecule has 0 saturated carbocycles. The molecule has 0 bridgehead atoms. The fourth-order valence-electron chi connectivity index (χ4n) is 2.84. The third-order valence-electron chi connectivity index (χ3n) is 4.03. The van der Waals surface area contributed by atoms with Gasteiger partial charge >= 0.3 is 0 Å². The molecular weight excluding hydrogens is 294 g/mol. The van der Waals surface area contributed by atoms with Crippen molar-refractivity contribution in [3.63, 3.8) is 0 Å². The number of aromatic nitrogens is 4. The Bertz CT molecular complexity index is 683. The number of carbonyl (C=O) groups excluding carboxylic acids is 1. The van der Waals surface area contributed by atoms with E-state index in [1.165, 1.54) is 20.0 Å². The zero-order valence-corrected chi connectivity index (χ0v) is 13.3. The second-order valence-electron chi connectivity index (χ2n) is 5.56. The quantitative estimate of drug-likeness (QED) is 0.901. The Hall–Kier alpha value is -2.44. The van der Waals surface area contributed by atoms with Crippen LogP contribution in [0.15, 0.2) is 18.3 Å². The number of hydrogen-bond acceptors (Lipinski definition) is 5. The number of amides is 1. The summed E-state index contributed by atoms with van der Waals surface area (Å²) < 4.78 is 7.31. The maximum absolute atomic E-state index is 12.2. The largest absolute Gasteiger partial charge is 0.480 e. The second kappa shape index (κ2) is 7.21. The first-order valence-electron chi connectivity index (χ1n) is 7.97. The molecule has 0 fully saturated rings. The van der Waals surface area contributed by atoms with Gasteiger partial charge in [0.25, 0.3) is 5.91 Å². The lowest BCUT2D eigenvalue weighted by Gasteiger charge is -2.09. The number of nitrogens with zero attached hydrogens (tertiary/aromatic N) is 4. The van der Waals surface area contributed by atoms with Crippen LogP contribution in [-0.4, -0.2) is 39.3 Å². The normalized spacial score (nSPS) is 14.0. The summed E-state index contributed by atoms with van der Waals surface area (Å²) in [7, 11) is 1.50. The first kappa shape index (κ1) is 15.5. The van der Waals surface area contributed by atoms with Crippen LogP contribution in [0.2, 0.25) is 0 Å². The molecule has 1 amide bonds. The number of methoxy groups -OCH3 is 1.